The average molecular weight is 265 g/mol. The van der Waals surface area contributed by atoms with Crippen molar-refractivity contribution in [1.82, 2.24) is 4.98 Å². The summed E-state index contributed by atoms with van der Waals surface area (Å²) < 4.78 is 10.4. The van der Waals surface area contributed by atoms with Crippen molar-refractivity contribution in [2.75, 3.05) is 6.61 Å². The first-order valence-corrected chi connectivity index (χ1v) is 7.19. The van der Waals surface area contributed by atoms with Gasteiger partial charge in [-0.2, -0.15) is 4.98 Å². The molecule has 4 nitrogen and oxygen atoms in total. The zero-order valence-electron chi connectivity index (χ0n) is 10.3. The van der Waals surface area contributed by atoms with Gasteiger partial charge < -0.3 is 9.15 Å². The molecule has 0 aromatic carbocycles. The van der Waals surface area contributed by atoms with Crippen LogP contribution in [0.1, 0.15) is 36.6 Å². The van der Waals surface area contributed by atoms with Gasteiger partial charge in [0.1, 0.15) is 10.2 Å². The van der Waals surface area contributed by atoms with Gasteiger partial charge in [0.2, 0.25) is 0 Å². The maximum absolute atomic E-state index is 12.0. The Morgan fingerprint density at radius 3 is 3.06 bits per heavy atom. The van der Waals surface area contributed by atoms with Crippen molar-refractivity contribution in [3.05, 3.63) is 20.9 Å². The smallest absolute Gasteiger partial charge is 0.397 e. The first-order chi connectivity index (χ1) is 8.79. The van der Waals surface area contributed by atoms with Gasteiger partial charge in [-0.1, -0.05) is 6.92 Å². The van der Waals surface area contributed by atoms with Gasteiger partial charge in [0.05, 0.1) is 6.61 Å². The van der Waals surface area contributed by atoms with Gasteiger partial charge in [-0.05, 0) is 37.7 Å². The minimum Gasteiger partial charge on any atom is -0.450 e. The molecule has 2 aromatic heterocycles. The molecule has 0 saturated heterocycles. The quantitative estimate of drug-likeness (QED) is 0.856. The maximum atomic E-state index is 12.0. The average Bonchev–Trinajstić information content (AvgIpc) is 2.74. The lowest BCUT2D eigenvalue weighted by atomic mass is 9.97. The van der Waals surface area contributed by atoms with Gasteiger partial charge in [-0.15, -0.1) is 11.3 Å². The second kappa shape index (κ2) is 4.72. The van der Waals surface area contributed by atoms with Crippen LogP contribution in [-0.4, -0.2) is 11.6 Å². The van der Waals surface area contributed by atoms with Crippen LogP contribution in [0.15, 0.2) is 9.21 Å². The Bertz CT molecular complexity index is 629. The molecule has 2 heterocycles. The lowest BCUT2D eigenvalue weighted by Crippen LogP contribution is -2.07. The molecule has 0 bridgehead atoms. The molecule has 0 amide bonds. The fourth-order valence-electron chi connectivity index (χ4n) is 2.33. The van der Waals surface area contributed by atoms with Gasteiger partial charge in [0.15, 0.2) is 0 Å². The van der Waals surface area contributed by atoms with Crippen LogP contribution in [-0.2, 0) is 12.8 Å². The van der Waals surface area contributed by atoms with E-state index in [1.807, 2.05) is 6.92 Å². The normalized spacial score (nSPS) is 14.7. The monoisotopic (exact) mass is 265 g/mol. The van der Waals surface area contributed by atoms with Crippen molar-refractivity contribution < 1.29 is 9.15 Å². The van der Waals surface area contributed by atoms with Gasteiger partial charge in [0, 0.05) is 4.88 Å². The highest BCUT2D eigenvalue weighted by atomic mass is 32.1. The molecular weight excluding hydrogens is 250 g/mol. The first kappa shape index (κ1) is 11.7. The maximum Gasteiger partial charge on any atom is 0.397 e. The summed E-state index contributed by atoms with van der Waals surface area (Å²) in [5, 5.41) is 0.679. The van der Waals surface area contributed by atoms with Crippen molar-refractivity contribution in [3.63, 3.8) is 0 Å². The molecule has 1 aliphatic carbocycles. The van der Waals surface area contributed by atoms with Gasteiger partial charge in [-0.25, -0.2) is 4.79 Å². The number of fused-ring (bicyclic) bond motifs is 3. The molecule has 1 aliphatic rings. The highest BCUT2D eigenvalue weighted by molar-refractivity contribution is 7.18. The van der Waals surface area contributed by atoms with Crippen LogP contribution in [0.4, 0.5) is 0 Å². The molecule has 96 valence electrons. The molecule has 0 atom stereocenters. The van der Waals surface area contributed by atoms with Crippen molar-refractivity contribution in [1.29, 1.82) is 0 Å². The number of aromatic nitrogens is 1. The Morgan fingerprint density at radius 1 is 1.39 bits per heavy atom. The second-order valence-electron chi connectivity index (χ2n) is 4.51. The summed E-state index contributed by atoms with van der Waals surface area (Å²) in [5.41, 5.74) is 0.857. The summed E-state index contributed by atoms with van der Waals surface area (Å²) in [7, 11) is 0. The van der Waals surface area contributed by atoms with E-state index < -0.39 is 0 Å². The summed E-state index contributed by atoms with van der Waals surface area (Å²) in [6, 6.07) is 0. The Balaban J connectivity index is 2.11. The number of hydrogen-bond acceptors (Lipinski definition) is 5. The third-order valence-corrected chi connectivity index (χ3v) is 4.35. The van der Waals surface area contributed by atoms with E-state index in [0.29, 0.717) is 12.0 Å². The Labute approximate surface area is 109 Å². The topological polar surface area (TPSA) is 52.3 Å². The number of nitrogens with zero attached hydrogens (tertiary/aromatic N) is 1. The molecule has 0 saturated carbocycles. The van der Waals surface area contributed by atoms with E-state index in [2.05, 4.69) is 4.98 Å². The van der Waals surface area contributed by atoms with Crippen LogP contribution in [0.3, 0.4) is 0 Å². The van der Waals surface area contributed by atoms with Crippen molar-refractivity contribution in [2.24, 2.45) is 0 Å². The fourth-order valence-corrected chi connectivity index (χ4v) is 3.56. The zero-order chi connectivity index (χ0) is 12.5. The predicted octanol–water partition coefficient (Wildman–Crippen LogP) is 2.92. The standard InChI is InChI=1S/C13H15NO3S/c1-2-7-16-13-14-11-10(12(15)17-13)8-5-3-4-6-9(8)18-11/h2-7H2,1H3. The van der Waals surface area contributed by atoms with Crippen LogP contribution >= 0.6 is 11.3 Å². The fraction of sp³-hybridized carbons (Fsp3) is 0.538. The molecule has 18 heavy (non-hydrogen) atoms. The minimum absolute atomic E-state index is 0.105. The summed E-state index contributed by atoms with van der Waals surface area (Å²) in [6.07, 6.45) is 5.34. The molecule has 0 radical (unpaired) electrons. The van der Waals surface area contributed by atoms with E-state index in [4.69, 9.17) is 9.15 Å². The summed E-state index contributed by atoms with van der Waals surface area (Å²) in [5.74, 6) is 0. The van der Waals surface area contributed by atoms with Crippen LogP contribution in [0.2, 0.25) is 0 Å². The minimum atomic E-state index is -0.300. The van der Waals surface area contributed by atoms with Gasteiger partial charge in [-0.3, -0.25) is 0 Å². The lowest BCUT2D eigenvalue weighted by Gasteiger charge is -2.09. The van der Waals surface area contributed by atoms with E-state index in [0.717, 1.165) is 36.1 Å². The molecule has 0 fully saturated rings. The van der Waals surface area contributed by atoms with Crippen LogP contribution in [0, 0.1) is 0 Å². The van der Waals surface area contributed by atoms with Crippen LogP contribution in [0.5, 0.6) is 6.08 Å². The predicted molar refractivity (Wildman–Crippen MR) is 70.6 cm³/mol. The molecule has 0 N–H and O–H groups in total. The SMILES string of the molecule is CCCOc1nc2sc3c(c2c(=O)o1)CCCC3. The third kappa shape index (κ3) is 1.92. The molecule has 2 aromatic rings. The molecule has 0 spiro atoms. The van der Waals surface area contributed by atoms with Gasteiger partial charge >= 0.3 is 11.7 Å². The second-order valence-corrected chi connectivity index (χ2v) is 5.59. The number of hydrogen-bond donors (Lipinski definition) is 0. The molecule has 3 rings (SSSR count). The van der Waals surface area contributed by atoms with E-state index in [9.17, 15) is 4.79 Å². The Hall–Kier alpha value is -1.36. The zero-order valence-corrected chi connectivity index (χ0v) is 11.1. The number of thiophene rings is 1. The van der Waals surface area contributed by atoms with E-state index in [1.165, 1.54) is 11.3 Å². The van der Waals surface area contributed by atoms with E-state index in [1.54, 1.807) is 11.3 Å². The van der Waals surface area contributed by atoms with Crippen molar-refractivity contribution >= 4 is 21.6 Å². The summed E-state index contributed by atoms with van der Waals surface area (Å²) >= 11 is 1.61. The Kier molecular flexibility index (Phi) is 3.07. The highest BCUT2D eigenvalue weighted by Crippen LogP contribution is 2.34. The number of ether oxygens (including phenoxy) is 1. The van der Waals surface area contributed by atoms with Crippen LogP contribution < -0.4 is 10.4 Å². The van der Waals surface area contributed by atoms with E-state index in [-0.39, 0.29) is 11.7 Å². The van der Waals surface area contributed by atoms with Crippen LogP contribution in [0.25, 0.3) is 10.2 Å². The molecule has 0 aliphatic heterocycles. The highest BCUT2D eigenvalue weighted by Gasteiger charge is 2.21. The van der Waals surface area contributed by atoms with Crippen molar-refractivity contribution in [2.45, 2.75) is 39.0 Å². The lowest BCUT2D eigenvalue weighted by molar-refractivity contribution is 0.217. The number of aryl methyl sites for hydroxylation is 2. The van der Waals surface area contributed by atoms with Crippen molar-refractivity contribution in [3.8, 4) is 6.08 Å². The molecule has 5 heteroatoms. The summed E-state index contributed by atoms with van der Waals surface area (Å²) in [4.78, 5) is 18.4. The first-order valence-electron chi connectivity index (χ1n) is 6.37. The number of rotatable bonds is 3. The Morgan fingerprint density at radius 2 is 2.22 bits per heavy atom. The van der Waals surface area contributed by atoms with Gasteiger partial charge in [0.25, 0.3) is 0 Å². The van der Waals surface area contributed by atoms with E-state index >= 15 is 0 Å². The molecular formula is C13H15NO3S. The third-order valence-electron chi connectivity index (χ3n) is 3.16. The summed E-state index contributed by atoms with van der Waals surface area (Å²) in [6.45, 7) is 2.52. The largest absolute Gasteiger partial charge is 0.450 e. The molecule has 0 unspecified atom stereocenters.